The lowest BCUT2D eigenvalue weighted by atomic mass is 10.3. The highest BCUT2D eigenvalue weighted by molar-refractivity contribution is 7.89. The summed E-state index contributed by atoms with van der Waals surface area (Å²) in [7, 11) is -0.429. The molecule has 28 heavy (non-hydrogen) atoms. The molecule has 0 aromatic heterocycles. The largest absolute Gasteiger partial charge is 0.383 e. The first-order valence-electron chi connectivity index (χ1n) is 9.13. The van der Waals surface area contributed by atoms with Crippen molar-refractivity contribution in [2.75, 3.05) is 73.2 Å². The van der Waals surface area contributed by atoms with Gasteiger partial charge in [0.1, 0.15) is 4.90 Å². The summed E-state index contributed by atoms with van der Waals surface area (Å²) in [5.41, 5.74) is 0. The molecule has 0 bridgehead atoms. The number of rotatable bonds is 10. The first-order chi connectivity index (χ1) is 13.4. The smallest absolute Gasteiger partial charge is 0.244 e. The highest BCUT2D eigenvalue weighted by Crippen LogP contribution is 2.25. The number of carbonyl (C=O) groups is 1. The Labute approximate surface area is 172 Å². The Hall–Kier alpha value is -1.23. The molecule has 0 radical (unpaired) electrons. The van der Waals surface area contributed by atoms with Crippen molar-refractivity contribution < 1.29 is 22.7 Å². The predicted molar refractivity (Wildman–Crippen MR) is 107 cm³/mol. The van der Waals surface area contributed by atoms with E-state index in [2.05, 4.69) is 0 Å². The summed E-state index contributed by atoms with van der Waals surface area (Å²) < 4.78 is 37.2. The molecular formula is C18H28ClN3O5S. The van der Waals surface area contributed by atoms with Gasteiger partial charge in [0.15, 0.2) is 0 Å². The summed E-state index contributed by atoms with van der Waals surface area (Å²) in [5.74, 6) is -0.0259. The topological polar surface area (TPSA) is 79.4 Å². The molecule has 1 saturated heterocycles. The minimum atomic E-state index is -3.67. The molecule has 1 aromatic carbocycles. The molecule has 1 aliphatic heterocycles. The third-order valence-electron chi connectivity index (χ3n) is 4.63. The minimum absolute atomic E-state index is 0.0259. The van der Waals surface area contributed by atoms with Crippen LogP contribution in [-0.4, -0.2) is 102 Å². The van der Waals surface area contributed by atoms with Crippen LogP contribution in [0.2, 0.25) is 5.02 Å². The predicted octanol–water partition coefficient (Wildman–Crippen LogP) is 0.768. The van der Waals surface area contributed by atoms with Crippen LogP contribution in [0.3, 0.4) is 0 Å². The van der Waals surface area contributed by atoms with Crippen molar-refractivity contribution in [3.8, 4) is 0 Å². The van der Waals surface area contributed by atoms with Crippen molar-refractivity contribution in [1.29, 1.82) is 0 Å². The second-order valence-electron chi connectivity index (χ2n) is 6.48. The summed E-state index contributed by atoms with van der Waals surface area (Å²) in [5, 5.41) is 0.202. The second-order valence-corrected chi connectivity index (χ2v) is 8.79. The van der Waals surface area contributed by atoms with Crippen LogP contribution in [-0.2, 0) is 24.3 Å². The van der Waals surface area contributed by atoms with E-state index in [1.165, 1.54) is 10.4 Å². The van der Waals surface area contributed by atoms with Crippen LogP contribution in [0.25, 0.3) is 0 Å². The summed E-state index contributed by atoms with van der Waals surface area (Å²) in [6, 6.07) is 6.39. The normalized spacial score (nSPS) is 15.9. The molecule has 8 nitrogen and oxygen atoms in total. The molecule has 0 N–H and O–H groups in total. The molecule has 1 fully saturated rings. The van der Waals surface area contributed by atoms with Gasteiger partial charge in [-0.3, -0.25) is 9.69 Å². The van der Waals surface area contributed by atoms with Gasteiger partial charge in [0.25, 0.3) is 0 Å². The highest BCUT2D eigenvalue weighted by Gasteiger charge is 2.31. The van der Waals surface area contributed by atoms with Gasteiger partial charge in [-0.2, -0.15) is 4.31 Å². The molecule has 0 unspecified atom stereocenters. The lowest BCUT2D eigenvalue weighted by Crippen LogP contribution is -2.53. The van der Waals surface area contributed by atoms with Crippen molar-refractivity contribution in [2.24, 2.45) is 0 Å². The number of benzene rings is 1. The Kier molecular flexibility index (Phi) is 9.13. The second kappa shape index (κ2) is 11.1. The van der Waals surface area contributed by atoms with Gasteiger partial charge < -0.3 is 14.4 Å². The molecule has 2 rings (SSSR count). The molecule has 158 valence electrons. The summed E-state index contributed by atoms with van der Waals surface area (Å²) in [6.45, 7) is 3.77. The number of sulfonamides is 1. The fourth-order valence-corrected chi connectivity index (χ4v) is 4.89. The number of nitrogens with zero attached hydrogens (tertiary/aromatic N) is 3. The van der Waals surface area contributed by atoms with Gasteiger partial charge in [0.2, 0.25) is 15.9 Å². The van der Waals surface area contributed by atoms with Crippen LogP contribution in [0.15, 0.2) is 29.2 Å². The Morgan fingerprint density at radius 1 is 1.07 bits per heavy atom. The first kappa shape index (κ1) is 23.1. The van der Waals surface area contributed by atoms with Crippen LogP contribution >= 0.6 is 11.6 Å². The molecular weight excluding hydrogens is 406 g/mol. The maximum Gasteiger partial charge on any atom is 0.244 e. The molecule has 1 amide bonds. The van der Waals surface area contributed by atoms with Crippen LogP contribution in [0.5, 0.6) is 0 Å². The van der Waals surface area contributed by atoms with E-state index in [9.17, 15) is 13.2 Å². The molecule has 1 heterocycles. The van der Waals surface area contributed by atoms with Gasteiger partial charge in [-0.1, -0.05) is 23.7 Å². The first-order valence-corrected chi connectivity index (χ1v) is 10.9. The van der Waals surface area contributed by atoms with Gasteiger partial charge in [-0.25, -0.2) is 8.42 Å². The Morgan fingerprint density at radius 3 is 2.18 bits per heavy atom. The minimum Gasteiger partial charge on any atom is -0.383 e. The summed E-state index contributed by atoms with van der Waals surface area (Å²) in [6.07, 6.45) is 0. The molecule has 0 spiro atoms. The van der Waals surface area contributed by atoms with Crippen molar-refractivity contribution >= 4 is 27.5 Å². The number of amides is 1. The quantitative estimate of drug-likeness (QED) is 0.542. The third-order valence-corrected chi connectivity index (χ3v) is 7.03. The molecule has 1 aliphatic rings. The van der Waals surface area contributed by atoms with Crippen molar-refractivity contribution in [3.63, 3.8) is 0 Å². The number of halogens is 1. The molecule has 0 aliphatic carbocycles. The van der Waals surface area contributed by atoms with Gasteiger partial charge in [0, 0.05) is 53.5 Å². The lowest BCUT2D eigenvalue weighted by Gasteiger charge is -2.35. The molecule has 0 saturated carbocycles. The number of hydrogen-bond acceptors (Lipinski definition) is 6. The van der Waals surface area contributed by atoms with E-state index in [4.69, 9.17) is 21.1 Å². The maximum atomic E-state index is 12.8. The third kappa shape index (κ3) is 6.13. The van der Waals surface area contributed by atoms with Crippen LogP contribution < -0.4 is 0 Å². The molecule has 10 heteroatoms. The number of methoxy groups -OCH3 is 2. The standard InChI is InChI=1S/C18H28ClN3O5S/c1-26-13-11-20(12-14-27-2)15-18(23)21-7-9-22(10-8-21)28(24,25)17-6-4-3-5-16(17)19/h3-6H,7-15H2,1-2H3. The fraction of sp³-hybridized carbons (Fsp3) is 0.611. The number of hydrogen-bond donors (Lipinski definition) is 0. The van der Waals surface area contributed by atoms with E-state index in [0.29, 0.717) is 39.4 Å². The fourth-order valence-electron chi connectivity index (χ4n) is 2.97. The molecule has 1 aromatic rings. The van der Waals surface area contributed by atoms with E-state index in [1.54, 1.807) is 37.3 Å². The average molecular weight is 434 g/mol. The summed E-state index contributed by atoms with van der Waals surface area (Å²) in [4.78, 5) is 16.4. The zero-order valence-electron chi connectivity index (χ0n) is 16.3. The van der Waals surface area contributed by atoms with E-state index < -0.39 is 10.0 Å². The van der Waals surface area contributed by atoms with E-state index in [0.717, 1.165) is 0 Å². The van der Waals surface area contributed by atoms with Crippen LogP contribution in [0.1, 0.15) is 0 Å². The van der Waals surface area contributed by atoms with Gasteiger partial charge in [0.05, 0.1) is 24.8 Å². The van der Waals surface area contributed by atoms with E-state index in [-0.39, 0.29) is 35.5 Å². The number of piperazine rings is 1. The van der Waals surface area contributed by atoms with E-state index in [1.807, 2.05) is 4.90 Å². The SMILES string of the molecule is COCCN(CCOC)CC(=O)N1CCN(S(=O)(=O)c2ccccc2Cl)CC1. The van der Waals surface area contributed by atoms with Crippen molar-refractivity contribution in [2.45, 2.75) is 4.90 Å². The monoisotopic (exact) mass is 433 g/mol. The van der Waals surface area contributed by atoms with Crippen molar-refractivity contribution in [1.82, 2.24) is 14.1 Å². The van der Waals surface area contributed by atoms with E-state index >= 15 is 0 Å². The highest BCUT2D eigenvalue weighted by atomic mass is 35.5. The summed E-state index contributed by atoms with van der Waals surface area (Å²) >= 11 is 6.05. The van der Waals surface area contributed by atoms with Crippen molar-refractivity contribution in [3.05, 3.63) is 29.3 Å². The maximum absolute atomic E-state index is 12.8. The average Bonchev–Trinajstić information content (AvgIpc) is 2.70. The zero-order valence-corrected chi connectivity index (χ0v) is 17.9. The lowest BCUT2D eigenvalue weighted by molar-refractivity contribution is -0.133. The Bertz CT molecular complexity index is 730. The number of ether oxygens (including phenoxy) is 2. The Balaban J connectivity index is 1.93. The van der Waals surface area contributed by atoms with Gasteiger partial charge >= 0.3 is 0 Å². The van der Waals surface area contributed by atoms with Crippen LogP contribution in [0, 0.1) is 0 Å². The molecule has 0 atom stereocenters. The Morgan fingerprint density at radius 2 is 1.64 bits per heavy atom. The van der Waals surface area contributed by atoms with Gasteiger partial charge in [-0.15, -0.1) is 0 Å². The van der Waals surface area contributed by atoms with Crippen LogP contribution in [0.4, 0.5) is 0 Å². The number of carbonyl (C=O) groups excluding carboxylic acids is 1. The zero-order chi connectivity index (χ0) is 20.6. The van der Waals surface area contributed by atoms with Gasteiger partial charge in [-0.05, 0) is 12.1 Å².